The van der Waals surface area contributed by atoms with Crippen molar-refractivity contribution in [2.24, 2.45) is 5.92 Å². The number of nitrogens with zero attached hydrogens (tertiary/aromatic N) is 8. The molecule has 2 fully saturated rings. The summed E-state index contributed by atoms with van der Waals surface area (Å²) in [5.74, 6) is 1.58. The Hall–Kier alpha value is -5.51. The maximum Gasteiger partial charge on any atom is 0.254 e. The van der Waals surface area contributed by atoms with Crippen LogP contribution >= 0.6 is 0 Å². The van der Waals surface area contributed by atoms with E-state index in [4.69, 9.17) is 9.47 Å². The van der Waals surface area contributed by atoms with Gasteiger partial charge in [-0.3, -0.25) is 9.59 Å². The van der Waals surface area contributed by atoms with Crippen LogP contribution < -0.4 is 14.8 Å². The standard InChI is InChI=1S/C32H33N9O4/c1-21(18-41-20-34-19-37-41)45-28-13-23(5-6-25(28)15-33)26-16-35-32(36-17-26)38-27-8-7-24(14-29(27)44-2)31(43)40-11-9-39(10-12-40)30(42)22-3-4-22/h5-8,13-14,16-17,19-22H,3-4,9-12,18H2,1-2H3,(H,35,36,38). The molecule has 1 saturated heterocycles. The molecule has 2 aliphatic rings. The Kier molecular flexibility index (Phi) is 8.54. The molecule has 0 bridgehead atoms. The number of benzene rings is 2. The average molecular weight is 608 g/mol. The first-order chi connectivity index (χ1) is 21.9. The number of piperazine rings is 1. The average Bonchev–Trinajstić information content (AvgIpc) is 3.80. The number of nitrogens with one attached hydrogen (secondary N) is 1. The molecule has 13 heteroatoms. The number of hydrogen-bond acceptors (Lipinski definition) is 10. The molecule has 6 rings (SSSR count). The molecular formula is C32H33N9O4. The van der Waals surface area contributed by atoms with Crippen LogP contribution in [0, 0.1) is 17.2 Å². The van der Waals surface area contributed by atoms with Gasteiger partial charge in [-0.1, -0.05) is 6.07 Å². The van der Waals surface area contributed by atoms with Gasteiger partial charge in [-0.25, -0.2) is 19.6 Å². The lowest BCUT2D eigenvalue weighted by Crippen LogP contribution is -2.51. The molecule has 13 nitrogen and oxygen atoms in total. The van der Waals surface area contributed by atoms with E-state index in [0.29, 0.717) is 67.0 Å². The van der Waals surface area contributed by atoms with Gasteiger partial charge in [0.25, 0.3) is 5.91 Å². The number of carbonyl (C=O) groups excluding carboxylic acids is 2. The van der Waals surface area contributed by atoms with E-state index >= 15 is 0 Å². The lowest BCUT2D eigenvalue weighted by molar-refractivity contribution is -0.134. The van der Waals surface area contributed by atoms with Crippen LogP contribution in [-0.4, -0.2) is 85.7 Å². The number of carbonyl (C=O) groups is 2. The predicted molar refractivity (Wildman–Crippen MR) is 164 cm³/mol. The summed E-state index contributed by atoms with van der Waals surface area (Å²) in [6.07, 6.45) is 8.14. The fraction of sp³-hybridized carbons (Fsp3) is 0.344. The molecule has 1 saturated carbocycles. The molecule has 0 spiro atoms. The second kappa shape index (κ2) is 13.0. The maximum absolute atomic E-state index is 13.2. The molecule has 1 aliphatic carbocycles. The molecule has 3 heterocycles. The number of aromatic nitrogens is 5. The number of rotatable bonds is 10. The first-order valence-corrected chi connectivity index (χ1v) is 14.8. The summed E-state index contributed by atoms with van der Waals surface area (Å²) >= 11 is 0. The van der Waals surface area contributed by atoms with Gasteiger partial charge in [0.15, 0.2) is 0 Å². The van der Waals surface area contributed by atoms with E-state index < -0.39 is 0 Å². The third kappa shape index (κ3) is 6.85. The number of ether oxygens (including phenoxy) is 2. The normalized spacial score (nSPS) is 15.2. The zero-order valence-electron chi connectivity index (χ0n) is 25.1. The smallest absolute Gasteiger partial charge is 0.254 e. The lowest BCUT2D eigenvalue weighted by Gasteiger charge is -2.35. The van der Waals surface area contributed by atoms with Gasteiger partial charge >= 0.3 is 0 Å². The topological polar surface area (TPSA) is 151 Å². The molecular weight excluding hydrogens is 574 g/mol. The molecule has 1 unspecified atom stereocenters. The SMILES string of the molecule is COc1cc(C(=O)N2CCN(C(=O)C3CC3)CC2)ccc1Nc1ncc(-c2ccc(C#N)c(OC(C)Cn3cncn3)c2)cn1. The van der Waals surface area contributed by atoms with Crippen LogP contribution in [0.25, 0.3) is 11.1 Å². The second-order valence-electron chi connectivity index (χ2n) is 11.1. The van der Waals surface area contributed by atoms with Gasteiger partial charge < -0.3 is 24.6 Å². The van der Waals surface area contributed by atoms with Crippen molar-refractivity contribution in [3.8, 4) is 28.7 Å². The third-order valence-corrected chi connectivity index (χ3v) is 7.83. The Balaban J connectivity index is 1.10. The summed E-state index contributed by atoms with van der Waals surface area (Å²) < 4.78 is 13.3. The fourth-order valence-corrected chi connectivity index (χ4v) is 5.23. The first-order valence-electron chi connectivity index (χ1n) is 14.8. The van der Waals surface area contributed by atoms with Crippen LogP contribution in [0.2, 0.25) is 0 Å². The summed E-state index contributed by atoms with van der Waals surface area (Å²) in [4.78, 5) is 42.1. The zero-order valence-corrected chi connectivity index (χ0v) is 25.1. The van der Waals surface area contributed by atoms with E-state index in [2.05, 4.69) is 31.4 Å². The Morgan fingerprint density at radius 2 is 1.78 bits per heavy atom. The van der Waals surface area contributed by atoms with Crippen molar-refractivity contribution in [2.45, 2.75) is 32.4 Å². The lowest BCUT2D eigenvalue weighted by atomic mass is 10.1. The summed E-state index contributed by atoms with van der Waals surface area (Å²) in [6.45, 7) is 4.52. The van der Waals surface area contributed by atoms with E-state index in [9.17, 15) is 14.9 Å². The predicted octanol–water partition coefficient (Wildman–Crippen LogP) is 3.52. The molecule has 1 aliphatic heterocycles. The van der Waals surface area contributed by atoms with Crippen LogP contribution in [0.5, 0.6) is 11.5 Å². The summed E-state index contributed by atoms with van der Waals surface area (Å²) in [6, 6.07) is 12.7. The van der Waals surface area contributed by atoms with E-state index in [1.54, 1.807) is 65.7 Å². The highest BCUT2D eigenvalue weighted by molar-refractivity contribution is 5.95. The van der Waals surface area contributed by atoms with Crippen LogP contribution in [0.4, 0.5) is 11.6 Å². The number of anilines is 2. The van der Waals surface area contributed by atoms with Crippen molar-refractivity contribution >= 4 is 23.5 Å². The Labute approximate surface area is 260 Å². The Morgan fingerprint density at radius 3 is 2.44 bits per heavy atom. The van der Waals surface area contributed by atoms with E-state index in [0.717, 1.165) is 24.0 Å². The van der Waals surface area contributed by atoms with E-state index in [-0.39, 0.29) is 23.8 Å². The third-order valence-electron chi connectivity index (χ3n) is 7.83. The van der Waals surface area contributed by atoms with Crippen molar-refractivity contribution in [1.29, 1.82) is 5.26 Å². The quantitative estimate of drug-likeness (QED) is 0.284. The van der Waals surface area contributed by atoms with Crippen LogP contribution in [0.15, 0.2) is 61.4 Å². The minimum atomic E-state index is -0.249. The van der Waals surface area contributed by atoms with E-state index in [1.807, 2.05) is 17.9 Å². The molecule has 4 aromatic rings. The second-order valence-corrected chi connectivity index (χ2v) is 11.1. The van der Waals surface area contributed by atoms with Crippen molar-refractivity contribution in [2.75, 3.05) is 38.6 Å². The van der Waals surface area contributed by atoms with Gasteiger partial charge in [0, 0.05) is 55.6 Å². The highest BCUT2D eigenvalue weighted by Gasteiger charge is 2.35. The van der Waals surface area contributed by atoms with Gasteiger partial charge in [0.1, 0.15) is 36.3 Å². The molecule has 2 aromatic heterocycles. The number of amides is 2. The fourth-order valence-electron chi connectivity index (χ4n) is 5.23. The van der Waals surface area contributed by atoms with E-state index in [1.165, 1.54) is 6.33 Å². The summed E-state index contributed by atoms with van der Waals surface area (Å²) in [5, 5.41) is 16.9. The molecule has 1 atom stereocenters. The van der Waals surface area contributed by atoms with Gasteiger partial charge in [-0.05, 0) is 55.7 Å². The summed E-state index contributed by atoms with van der Waals surface area (Å²) in [7, 11) is 1.54. The van der Waals surface area contributed by atoms with Crippen LogP contribution in [0.3, 0.4) is 0 Å². The molecule has 2 amide bonds. The van der Waals surface area contributed by atoms with Crippen molar-refractivity contribution < 1.29 is 19.1 Å². The Morgan fingerprint density at radius 1 is 1.02 bits per heavy atom. The van der Waals surface area contributed by atoms with Gasteiger partial charge in [-0.15, -0.1) is 0 Å². The van der Waals surface area contributed by atoms with Crippen LogP contribution in [-0.2, 0) is 11.3 Å². The molecule has 45 heavy (non-hydrogen) atoms. The minimum absolute atomic E-state index is 0.0995. The number of methoxy groups -OCH3 is 1. The van der Waals surface area contributed by atoms with Crippen LogP contribution in [0.1, 0.15) is 35.7 Å². The van der Waals surface area contributed by atoms with Gasteiger partial charge in [-0.2, -0.15) is 10.4 Å². The number of hydrogen-bond donors (Lipinski definition) is 1. The highest BCUT2D eigenvalue weighted by atomic mass is 16.5. The monoisotopic (exact) mass is 607 g/mol. The molecule has 1 N–H and O–H groups in total. The zero-order chi connectivity index (χ0) is 31.3. The maximum atomic E-state index is 13.2. The van der Waals surface area contributed by atoms with Crippen molar-refractivity contribution in [3.63, 3.8) is 0 Å². The summed E-state index contributed by atoms with van der Waals surface area (Å²) in [5.41, 5.74) is 3.07. The van der Waals surface area contributed by atoms with Crippen molar-refractivity contribution in [3.05, 3.63) is 72.6 Å². The Bertz CT molecular complexity index is 1710. The van der Waals surface area contributed by atoms with Gasteiger partial charge in [0.05, 0.1) is 24.9 Å². The minimum Gasteiger partial charge on any atom is -0.495 e. The van der Waals surface area contributed by atoms with Crippen molar-refractivity contribution in [1.82, 2.24) is 34.5 Å². The highest BCUT2D eigenvalue weighted by Crippen LogP contribution is 2.32. The largest absolute Gasteiger partial charge is 0.495 e. The van der Waals surface area contributed by atoms with Gasteiger partial charge in [0.2, 0.25) is 11.9 Å². The first kappa shape index (κ1) is 29.6. The molecule has 0 radical (unpaired) electrons. The number of nitriles is 1. The molecule has 230 valence electrons. The molecule has 2 aromatic carbocycles.